The fourth-order valence-corrected chi connectivity index (χ4v) is 1.88. The molecule has 0 aromatic heterocycles. The maximum Gasteiger partial charge on any atom is 0.514 e. The highest BCUT2D eigenvalue weighted by Crippen LogP contribution is 2.26. The number of benzene rings is 1. The fraction of sp³-hybridized carbons (Fsp3) is 0.385. The number of hydrogen-bond acceptors (Lipinski definition) is 3. The van der Waals surface area contributed by atoms with Gasteiger partial charge in [0.1, 0.15) is 12.4 Å². The molecule has 0 aliphatic heterocycles. The van der Waals surface area contributed by atoms with Crippen molar-refractivity contribution in [2.24, 2.45) is 0 Å². The molecule has 1 radical (unpaired) electrons. The number of aryl methyl sites for hydroxylation is 2. The number of hydrogen-bond donors (Lipinski definition) is 0. The van der Waals surface area contributed by atoms with Crippen LogP contribution in [0.5, 0.6) is 5.75 Å². The summed E-state index contributed by atoms with van der Waals surface area (Å²) >= 11 is 0. The van der Waals surface area contributed by atoms with Gasteiger partial charge in [0.15, 0.2) is 0 Å². The van der Waals surface area contributed by atoms with Gasteiger partial charge in [-0.05, 0) is 48.9 Å². The Morgan fingerprint density at radius 3 is 3.00 bits per heavy atom. The minimum absolute atomic E-state index is 0.565. The number of fused-ring (bicyclic) bond motifs is 1. The number of carbonyl (C=O) groups excluding carboxylic acids is 1. The third-order valence-corrected chi connectivity index (χ3v) is 2.62. The molecule has 85 valence electrons. The molecule has 1 aromatic rings. The van der Waals surface area contributed by atoms with Gasteiger partial charge in [0.25, 0.3) is 0 Å². The minimum Gasteiger partial charge on any atom is -0.427 e. The van der Waals surface area contributed by atoms with E-state index < -0.39 is 6.16 Å². The maximum atomic E-state index is 11.2. The summed E-state index contributed by atoms with van der Waals surface area (Å²) in [5.74, 6) is 0.565. The van der Waals surface area contributed by atoms with Crippen LogP contribution in [-0.2, 0) is 17.6 Å². The molecule has 0 fully saturated rings. The Hall–Kier alpha value is -1.51. The van der Waals surface area contributed by atoms with Crippen LogP contribution in [0.3, 0.4) is 0 Å². The van der Waals surface area contributed by atoms with Crippen LogP contribution in [0.4, 0.5) is 4.79 Å². The van der Waals surface area contributed by atoms with E-state index in [2.05, 4.69) is 0 Å². The normalized spacial score (nSPS) is 13.3. The van der Waals surface area contributed by atoms with Gasteiger partial charge >= 0.3 is 6.16 Å². The smallest absolute Gasteiger partial charge is 0.427 e. The predicted molar refractivity (Wildman–Crippen MR) is 60.2 cm³/mol. The van der Waals surface area contributed by atoms with Crippen molar-refractivity contribution in [3.63, 3.8) is 0 Å². The molecule has 0 bridgehead atoms. The molecule has 0 heterocycles. The summed E-state index contributed by atoms with van der Waals surface area (Å²) in [5.41, 5.74) is 2.64. The van der Waals surface area contributed by atoms with Crippen molar-refractivity contribution in [3.05, 3.63) is 35.9 Å². The molecule has 1 aliphatic rings. The van der Waals surface area contributed by atoms with Crippen LogP contribution in [0.25, 0.3) is 0 Å². The van der Waals surface area contributed by atoms with Crippen molar-refractivity contribution >= 4 is 6.16 Å². The monoisotopic (exact) mass is 219 g/mol. The lowest BCUT2D eigenvalue weighted by atomic mass is 10.1. The zero-order chi connectivity index (χ0) is 11.4. The molecular formula is C13H15O3. The molecule has 0 saturated heterocycles. The van der Waals surface area contributed by atoms with Gasteiger partial charge in [-0.15, -0.1) is 0 Å². The standard InChI is InChI=1S/C13H15O3/c1-2-8-15-13(14)16-12-7-6-10-4-3-5-11(10)9-12/h6-9H,2-5H2,1H3. The summed E-state index contributed by atoms with van der Waals surface area (Å²) in [6.07, 6.45) is 3.40. The minimum atomic E-state index is -0.667. The van der Waals surface area contributed by atoms with Crippen LogP contribution < -0.4 is 4.74 Å². The lowest BCUT2D eigenvalue weighted by Crippen LogP contribution is -2.08. The Kier molecular flexibility index (Phi) is 3.44. The van der Waals surface area contributed by atoms with Gasteiger partial charge in [-0.3, -0.25) is 0 Å². The Morgan fingerprint density at radius 2 is 2.19 bits per heavy atom. The fourth-order valence-electron chi connectivity index (χ4n) is 1.88. The first-order valence-electron chi connectivity index (χ1n) is 5.61. The molecule has 0 amide bonds. The van der Waals surface area contributed by atoms with Crippen LogP contribution in [0.2, 0.25) is 0 Å². The number of rotatable bonds is 3. The van der Waals surface area contributed by atoms with E-state index in [0.29, 0.717) is 12.2 Å². The van der Waals surface area contributed by atoms with Crippen LogP contribution in [-0.4, -0.2) is 6.16 Å². The molecule has 16 heavy (non-hydrogen) atoms. The molecule has 0 N–H and O–H groups in total. The average Bonchev–Trinajstić information content (AvgIpc) is 2.73. The first-order chi connectivity index (χ1) is 7.79. The van der Waals surface area contributed by atoms with E-state index in [4.69, 9.17) is 9.47 Å². The Labute approximate surface area is 95.4 Å². The number of carbonyl (C=O) groups is 1. The van der Waals surface area contributed by atoms with Gasteiger partial charge in [0.05, 0.1) is 0 Å². The highest BCUT2D eigenvalue weighted by molar-refractivity contribution is 5.64. The molecule has 0 unspecified atom stereocenters. The van der Waals surface area contributed by atoms with E-state index in [1.807, 2.05) is 25.1 Å². The number of ether oxygens (including phenoxy) is 2. The highest BCUT2D eigenvalue weighted by Gasteiger charge is 2.13. The Morgan fingerprint density at radius 1 is 1.38 bits per heavy atom. The Bertz CT molecular complexity index is 385. The quantitative estimate of drug-likeness (QED) is 0.578. The lowest BCUT2D eigenvalue weighted by molar-refractivity contribution is 0.121. The third kappa shape index (κ3) is 2.54. The van der Waals surface area contributed by atoms with Crippen molar-refractivity contribution in [2.75, 3.05) is 0 Å². The molecule has 0 saturated carbocycles. The molecule has 0 atom stereocenters. The lowest BCUT2D eigenvalue weighted by Gasteiger charge is -2.06. The van der Waals surface area contributed by atoms with Crippen LogP contribution in [0.1, 0.15) is 30.9 Å². The maximum absolute atomic E-state index is 11.2. The predicted octanol–water partition coefficient (Wildman–Crippen LogP) is 3.26. The van der Waals surface area contributed by atoms with Crippen molar-refractivity contribution in [2.45, 2.75) is 32.6 Å². The molecule has 3 heteroatoms. The van der Waals surface area contributed by atoms with Gasteiger partial charge in [0.2, 0.25) is 0 Å². The summed E-state index contributed by atoms with van der Waals surface area (Å²) < 4.78 is 9.78. The van der Waals surface area contributed by atoms with E-state index in [0.717, 1.165) is 12.8 Å². The average molecular weight is 219 g/mol. The van der Waals surface area contributed by atoms with Crippen molar-refractivity contribution in [3.8, 4) is 5.75 Å². The largest absolute Gasteiger partial charge is 0.514 e. The summed E-state index contributed by atoms with van der Waals surface area (Å²) in [4.78, 5) is 11.2. The third-order valence-electron chi connectivity index (χ3n) is 2.62. The first-order valence-corrected chi connectivity index (χ1v) is 5.61. The summed E-state index contributed by atoms with van der Waals surface area (Å²) in [5, 5.41) is 0. The van der Waals surface area contributed by atoms with Crippen LogP contribution >= 0.6 is 0 Å². The van der Waals surface area contributed by atoms with Gasteiger partial charge in [-0.25, -0.2) is 4.79 Å². The molecule has 0 spiro atoms. The van der Waals surface area contributed by atoms with E-state index in [-0.39, 0.29) is 0 Å². The molecular weight excluding hydrogens is 204 g/mol. The van der Waals surface area contributed by atoms with Gasteiger partial charge in [0, 0.05) is 0 Å². The van der Waals surface area contributed by atoms with E-state index in [9.17, 15) is 4.79 Å². The molecule has 3 nitrogen and oxygen atoms in total. The summed E-state index contributed by atoms with van der Waals surface area (Å²) in [6.45, 7) is 3.32. The van der Waals surface area contributed by atoms with E-state index in [1.165, 1.54) is 24.2 Å². The molecule has 1 aliphatic carbocycles. The van der Waals surface area contributed by atoms with Crippen LogP contribution in [0.15, 0.2) is 18.2 Å². The van der Waals surface area contributed by atoms with Crippen molar-refractivity contribution in [1.82, 2.24) is 0 Å². The van der Waals surface area contributed by atoms with E-state index >= 15 is 0 Å². The molecule has 2 rings (SSSR count). The van der Waals surface area contributed by atoms with E-state index in [1.54, 1.807) is 0 Å². The summed E-state index contributed by atoms with van der Waals surface area (Å²) in [7, 11) is 0. The topological polar surface area (TPSA) is 35.5 Å². The second-order valence-corrected chi connectivity index (χ2v) is 3.83. The zero-order valence-electron chi connectivity index (χ0n) is 9.36. The van der Waals surface area contributed by atoms with Gasteiger partial charge in [-0.2, -0.15) is 0 Å². The van der Waals surface area contributed by atoms with Crippen molar-refractivity contribution < 1.29 is 14.3 Å². The van der Waals surface area contributed by atoms with Gasteiger partial charge < -0.3 is 9.47 Å². The molecule has 1 aromatic carbocycles. The summed E-state index contributed by atoms with van der Waals surface area (Å²) in [6, 6.07) is 5.77. The second kappa shape index (κ2) is 5.01. The Balaban J connectivity index is 1.97. The van der Waals surface area contributed by atoms with Crippen molar-refractivity contribution in [1.29, 1.82) is 0 Å². The van der Waals surface area contributed by atoms with Crippen LogP contribution in [0, 0.1) is 6.61 Å². The highest BCUT2D eigenvalue weighted by atomic mass is 16.7. The first kappa shape index (κ1) is 11.0. The van der Waals surface area contributed by atoms with Gasteiger partial charge in [-0.1, -0.05) is 13.0 Å². The SMILES string of the molecule is CC[CH]OC(=O)Oc1ccc2c(c1)CCC2. The zero-order valence-corrected chi connectivity index (χ0v) is 9.36. The second-order valence-electron chi connectivity index (χ2n) is 3.83.